The molecule has 0 spiro atoms. The first kappa shape index (κ1) is 9.13. The van der Waals surface area contributed by atoms with Crippen LogP contribution in [-0.4, -0.2) is 5.92 Å². The highest BCUT2D eigenvalue weighted by atomic mass is 79.9. The second-order valence-electron chi connectivity index (χ2n) is 3.40. The minimum absolute atomic E-state index is 0.0354. The lowest BCUT2D eigenvalue weighted by atomic mass is 9.76. The van der Waals surface area contributed by atoms with Crippen LogP contribution in [0.5, 0.6) is 0 Å². The van der Waals surface area contributed by atoms with Gasteiger partial charge in [-0.25, -0.2) is 8.78 Å². The molecule has 1 aromatic carbocycles. The van der Waals surface area contributed by atoms with Crippen LogP contribution in [0.2, 0.25) is 0 Å². The molecule has 1 unspecified atom stereocenters. The predicted molar refractivity (Wildman–Crippen MR) is 51.1 cm³/mol. The van der Waals surface area contributed by atoms with Crippen LogP contribution in [0.15, 0.2) is 28.7 Å². The Morgan fingerprint density at radius 1 is 1.23 bits per heavy atom. The van der Waals surface area contributed by atoms with Gasteiger partial charge >= 0.3 is 0 Å². The zero-order valence-corrected chi connectivity index (χ0v) is 8.52. The first-order chi connectivity index (χ1) is 6.09. The molecule has 0 radical (unpaired) electrons. The summed E-state index contributed by atoms with van der Waals surface area (Å²) in [5.41, 5.74) is 0.749. The van der Waals surface area contributed by atoms with Crippen LogP contribution in [-0.2, 0) is 0 Å². The fourth-order valence-corrected chi connectivity index (χ4v) is 1.88. The summed E-state index contributed by atoms with van der Waals surface area (Å²) in [6.07, 6.45) is 0.641. The Morgan fingerprint density at radius 3 is 2.23 bits per heavy atom. The van der Waals surface area contributed by atoms with Gasteiger partial charge < -0.3 is 0 Å². The molecule has 1 atom stereocenters. The minimum atomic E-state index is -2.48. The number of rotatable bonds is 1. The van der Waals surface area contributed by atoms with Gasteiger partial charge in [0.05, 0.1) is 0 Å². The lowest BCUT2D eigenvalue weighted by molar-refractivity contribution is -0.0962. The van der Waals surface area contributed by atoms with Gasteiger partial charge in [-0.15, -0.1) is 0 Å². The maximum absolute atomic E-state index is 13.0. The molecule has 0 heterocycles. The third kappa shape index (κ3) is 1.62. The van der Waals surface area contributed by atoms with E-state index in [1.165, 1.54) is 0 Å². The highest BCUT2D eigenvalue weighted by molar-refractivity contribution is 9.10. The topological polar surface area (TPSA) is 0 Å². The van der Waals surface area contributed by atoms with Crippen molar-refractivity contribution in [2.24, 2.45) is 0 Å². The van der Waals surface area contributed by atoms with Crippen molar-refractivity contribution in [1.82, 2.24) is 0 Å². The third-order valence-corrected chi connectivity index (χ3v) is 3.08. The van der Waals surface area contributed by atoms with E-state index in [9.17, 15) is 8.78 Å². The van der Waals surface area contributed by atoms with Crippen molar-refractivity contribution in [1.29, 1.82) is 0 Å². The summed E-state index contributed by atoms with van der Waals surface area (Å²) in [5.74, 6) is -3.03. The average molecular weight is 247 g/mol. The Labute approximate surface area is 84.1 Å². The van der Waals surface area contributed by atoms with Crippen LogP contribution in [0.4, 0.5) is 8.78 Å². The number of halogens is 3. The number of hydrogen-bond donors (Lipinski definition) is 0. The van der Waals surface area contributed by atoms with Crippen LogP contribution in [0, 0.1) is 0 Å². The molecular formula is C10H9BrF2. The van der Waals surface area contributed by atoms with Gasteiger partial charge in [-0.2, -0.15) is 0 Å². The van der Waals surface area contributed by atoms with Crippen molar-refractivity contribution in [2.45, 2.75) is 24.7 Å². The Morgan fingerprint density at radius 2 is 1.85 bits per heavy atom. The van der Waals surface area contributed by atoms with Crippen molar-refractivity contribution in [3.8, 4) is 0 Å². The monoisotopic (exact) mass is 246 g/mol. The SMILES string of the molecule is FC1(F)CCC1c1ccc(Br)cc1. The van der Waals surface area contributed by atoms with Crippen LogP contribution >= 0.6 is 15.9 Å². The largest absolute Gasteiger partial charge is 0.254 e. The van der Waals surface area contributed by atoms with Crippen LogP contribution in [0.1, 0.15) is 24.3 Å². The molecule has 0 aromatic heterocycles. The van der Waals surface area contributed by atoms with Gasteiger partial charge in [0.25, 0.3) is 5.92 Å². The maximum Gasteiger partial charge on any atom is 0.254 e. The lowest BCUT2D eigenvalue weighted by Crippen LogP contribution is -2.36. The van der Waals surface area contributed by atoms with E-state index < -0.39 is 11.8 Å². The van der Waals surface area contributed by atoms with E-state index >= 15 is 0 Å². The summed E-state index contributed by atoms with van der Waals surface area (Å²) in [6.45, 7) is 0. The lowest BCUT2D eigenvalue weighted by Gasteiger charge is -2.36. The van der Waals surface area contributed by atoms with E-state index in [2.05, 4.69) is 15.9 Å². The van der Waals surface area contributed by atoms with Gasteiger partial charge in [0.15, 0.2) is 0 Å². The predicted octanol–water partition coefficient (Wildman–Crippen LogP) is 3.96. The molecule has 0 amide bonds. The molecule has 0 N–H and O–H groups in total. The van der Waals surface area contributed by atoms with E-state index in [1.54, 1.807) is 12.1 Å². The molecule has 0 saturated heterocycles. The molecule has 1 aromatic rings. The molecule has 1 aliphatic carbocycles. The van der Waals surface area contributed by atoms with Crippen molar-refractivity contribution < 1.29 is 8.78 Å². The van der Waals surface area contributed by atoms with Gasteiger partial charge in [-0.3, -0.25) is 0 Å². The van der Waals surface area contributed by atoms with Crippen LogP contribution in [0.25, 0.3) is 0 Å². The molecule has 1 aliphatic rings. The van der Waals surface area contributed by atoms with Gasteiger partial charge in [-0.1, -0.05) is 28.1 Å². The molecular weight excluding hydrogens is 238 g/mol. The smallest absolute Gasteiger partial charge is 0.206 e. The number of hydrogen-bond acceptors (Lipinski definition) is 0. The fraction of sp³-hybridized carbons (Fsp3) is 0.400. The zero-order chi connectivity index (χ0) is 9.47. The molecule has 0 bridgehead atoms. The van der Waals surface area contributed by atoms with E-state index in [0.717, 1.165) is 10.0 Å². The Balaban J connectivity index is 2.22. The van der Waals surface area contributed by atoms with Gasteiger partial charge in [-0.05, 0) is 24.1 Å². The summed E-state index contributed by atoms with van der Waals surface area (Å²) in [4.78, 5) is 0. The van der Waals surface area contributed by atoms with E-state index in [0.29, 0.717) is 6.42 Å². The standard InChI is InChI=1S/C10H9BrF2/c11-8-3-1-7(2-4-8)9-5-6-10(9,12)13/h1-4,9H,5-6H2. The Kier molecular flexibility index (Phi) is 2.14. The van der Waals surface area contributed by atoms with E-state index in [1.807, 2.05) is 12.1 Å². The fourth-order valence-electron chi connectivity index (χ4n) is 1.61. The highest BCUT2D eigenvalue weighted by Gasteiger charge is 2.48. The highest BCUT2D eigenvalue weighted by Crippen LogP contribution is 2.49. The minimum Gasteiger partial charge on any atom is -0.206 e. The number of alkyl halides is 2. The third-order valence-electron chi connectivity index (χ3n) is 2.55. The van der Waals surface area contributed by atoms with Crippen molar-refractivity contribution in [3.63, 3.8) is 0 Å². The maximum atomic E-state index is 13.0. The van der Waals surface area contributed by atoms with Crippen molar-refractivity contribution in [3.05, 3.63) is 34.3 Å². The quantitative estimate of drug-likeness (QED) is 0.704. The molecule has 1 fully saturated rings. The van der Waals surface area contributed by atoms with E-state index in [4.69, 9.17) is 0 Å². The molecule has 3 heteroatoms. The second kappa shape index (κ2) is 3.05. The summed E-state index contributed by atoms with van der Waals surface area (Å²) >= 11 is 3.28. The molecule has 1 saturated carbocycles. The molecule has 0 nitrogen and oxygen atoms in total. The molecule has 2 rings (SSSR count). The summed E-state index contributed by atoms with van der Waals surface area (Å²) in [7, 11) is 0. The average Bonchev–Trinajstić information content (AvgIpc) is 2.07. The first-order valence-electron chi connectivity index (χ1n) is 4.23. The van der Waals surface area contributed by atoms with Crippen LogP contribution in [0.3, 0.4) is 0 Å². The molecule has 70 valence electrons. The van der Waals surface area contributed by atoms with Gasteiger partial charge in [0, 0.05) is 16.8 Å². The number of benzene rings is 1. The second-order valence-corrected chi connectivity index (χ2v) is 4.32. The summed E-state index contributed by atoms with van der Waals surface area (Å²) in [5, 5.41) is 0. The van der Waals surface area contributed by atoms with Crippen molar-refractivity contribution in [2.75, 3.05) is 0 Å². The van der Waals surface area contributed by atoms with Crippen molar-refractivity contribution >= 4 is 15.9 Å². The zero-order valence-electron chi connectivity index (χ0n) is 6.93. The molecule has 13 heavy (non-hydrogen) atoms. The van der Waals surface area contributed by atoms with Gasteiger partial charge in [0.1, 0.15) is 0 Å². The normalized spacial score (nSPS) is 25.3. The Hall–Kier alpha value is -0.440. The van der Waals surface area contributed by atoms with E-state index in [-0.39, 0.29) is 6.42 Å². The van der Waals surface area contributed by atoms with Crippen LogP contribution < -0.4 is 0 Å². The molecule has 0 aliphatic heterocycles. The summed E-state index contributed by atoms with van der Waals surface area (Å²) in [6, 6.07) is 7.15. The Bertz CT molecular complexity index is 305. The summed E-state index contributed by atoms with van der Waals surface area (Å²) < 4.78 is 26.9. The first-order valence-corrected chi connectivity index (χ1v) is 5.02. The van der Waals surface area contributed by atoms with Gasteiger partial charge in [0.2, 0.25) is 0 Å².